The van der Waals surface area contributed by atoms with Gasteiger partial charge in [0.1, 0.15) is 0 Å². The zero-order chi connectivity index (χ0) is 19.0. The lowest BCUT2D eigenvalue weighted by atomic mass is 10.1. The maximum Gasteiger partial charge on any atom is 0.341 e. The van der Waals surface area contributed by atoms with Crippen LogP contribution >= 0.6 is 0 Å². The molecule has 0 aliphatic carbocycles. The van der Waals surface area contributed by atoms with Crippen LogP contribution in [0.1, 0.15) is 31.1 Å². The summed E-state index contributed by atoms with van der Waals surface area (Å²) in [5.41, 5.74) is -0.0796. The van der Waals surface area contributed by atoms with Gasteiger partial charge in [-0.2, -0.15) is 0 Å². The largest absolute Gasteiger partial charge is 0.449 e. The van der Waals surface area contributed by atoms with Crippen LogP contribution < -0.4 is 10.6 Å². The highest BCUT2D eigenvalue weighted by molar-refractivity contribution is 5.98. The first-order chi connectivity index (χ1) is 11.8. The van der Waals surface area contributed by atoms with Crippen molar-refractivity contribution >= 4 is 23.3 Å². The molecule has 9 nitrogen and oxygen atoms in total. The van der Waals surface area contributed by atoms with E-state index in [4.69, 9.17) is 9.84 Å². The Morgan fingerprint density at radius 1 is 1.32 bits per heavy atom. The molecule has 1 rings (SSSR count). The van der Waals surface area contributed by atoms with Crippen LogP contribution in [0, 0.1) is 16.0 Å². The zero-order valence-corrected chi connectivity index (χ0v) is 14.4. The summed E-state index contributed by atoms with van der Waals surface area (Å²) >= 11 is 0. The Kier molecular flexibility index (Phi) is 7.80. The van der Waals surface area contributed by atoms with E-state index in [0.29, 0.717) is 6.54 Å². The number of nitro groups is 1. The number of carbonyl (C=O) groups excluding carboxylic acids is 2. The minimum Gasteiger partial charge on any atom is -0.449 e. The number of nitro benzene ring substituents is 1. The van der Waals surface area contributed by atoms with E-state index in [0.717, 1.165) is 6.07 Å². The van der Waals surface area contributed by atoms with Crippen LogP contribution in [0.5, 0.6) is 0 Å². The van der Waals surface area contributed by atoms with Crippen molar-refractivity contribution in [2.45, 2.75) is 26.9 Å². The summed E-state index contributed by atoms with van der Waals surface area (Å²) in [5.74, 6) is -1.06. The second-order valence-electron chi connectivity index (χ2n) is 5.82. The van der Waals surface area contributed by atoms with E-state index in [2.05, 4.69) is 10.6 Å². The molecule has 138 valence electrons. The van der Waals surface area contributed by atoms with E-state index in [1.165, 1.54) is 19.1 Å². The molecular weight excluding hydrogens is 330 g/mol. The van der Waals surface area contributed by atoms with E-state index in [9.17, 15) is 19.7 Å². The third-order valence-corrected chi connectivity index (χ3v) is 3.20. The summed E-state index contributed by atoms with van der Waals surface area (Å²) in [6.07, 6.45) is -1.05. The van der Waals surface area contributed by atoms with Crippen molar-refractivity contribution in [1.82, 2.24) is 5.32 Å². The number of aliphatic hydroxyl groups is 1. The molecule has 0 aliphatic heterocycles. The van der Waals surface area contributed by atoms with Crippen LogP contribution in [0.4, 0.5) is 11.4 Å². The first-order valence-corrected chi connectivity index (χ1v) is 7.88. The molecule has 0 fully saturated rings. The van der Waals surface area contributed by atoms with Gasteiger partial charge in [-0.3, -0.25) is 14.9 Å². The molecule has 1 aromatic rings. The zero-order valence-electron chi connectivity index (χ0n) is 14.4. The van der Waals surface area contributed by atoms with Gasteiger partial charge in [-0.1, -0.05) is 13.8 Å². The van der Waals surface area contributed by atoms with Gasteiger partial charge in [-0.15, -0.1) is 0 Å². The van der Waals surface area contributed by atoms with Gasteiger partial charge in [-0.25, -0.2) is 4.79 Å². The first kappa shape index (κ1) is 20.4. The lowest BCUT2D eigenvalue weighted by Gasteiger charge is -2.16. The second-order valence-corrected chi connectivity index (χ2v) is 5.82. The van der Waals surface area contributed by atoms with Crippen molar-refractivity contribution in [2.75, 3.05) is 25.0 Å². The summed E-state index contributed by atoms with van der Waals surface area (Å²) < 4.78 is 5.11. The molecule has 0 saturated carbocycles. The second kappa shape index (κ2) is 9.58. The maximum absolute atomic E-state index is 12.3. The highest BCUT2D eigenvalue weighted by atomic mass is 16.6. The highest BCUT2D eigenvalue weighted by Gasteiger charge is 2.23. The molecule has 9 heteroatoms. The van der Waals surface area contributed by atoms with Crippen molar-refractivity contribution in [3.8, 4) is 0 Å². The standard InChI is InChI=1S/C16H23N3O6/c1-10(2)9-18-15(21)11(3)25-16(22)13-8-12(19(23)24)4-5-14(13)17-6-7-20/h4-5,8,10-11,17,20H,6-7,9H2,1-3H3,(H,18,21)/t11-/m0/s1. The molecule has 3 N–H and O–H groups in total. The number of amides is 1. The number of non-ortho nitro benzene ring substituents is 1. The topological polar surface area (TPSA) is 131 Å². The smallest absolute Gasteiger partial charge is 0.341 e. The summed E-state index contributed by atoms with van der Waals surface area (Å²) in [5, 5.41) is 25.2. The predicted octanol–water partition coefficient (Wildman–Crippen LogP) is 1.32. The molecule has 0 heterocycles. The molecule has 0 aromatic heterocycles. The number of anilines is 1. The third kappa shape index (κ3) is 6.38. The van der Waals surface area contributed by atoms with Crippen LogP contribution in [-0.4, -0.2) is 47.7 Å². The van der Waals surface area contributed by atoms with Gasteiger partial charge in [0.15, 0.2) is 6.10 Å². The molecule has 0 unspecified atom stereocenters. The number of hydrogen-bond donors (Lipinski definition) is 3. The molecule has 1 atom stereocenters. The van der Waals surface area contributed by atoms with Crippen LogP contribution in [-0.2, 0) is 9.53 Å². The lowest BCUT2D eigenvalue weighted by molar-refractivity contribution is -0.384. The lowest BCUT2D eigenvalue weighted by Crippen LogP contribution is -2.37. The molecule has 0 saturated heterocycles. The third-order valence-electron chi connectivity index (χ3n) is 3.20. The van der Waals surface area contributed by atoms with Crippen LogP contribution in [0.25, 0.3) is 0 Å². The molecule has 0 aliphatic rings. The molecule has 1 amide bonds. The minimum atomic E-state index is -1.05. The Labute approximate surface area is 145 Å². The average Bonchev–Trinajstić information content (AvgIpc) is 2.57. The molecular formula is C16H23N3O6. The fraction of sp³-hybridized carbons (Fsp3) is 0.500. The Bertz CT molecular complexity index is 632. The normalized spacial score (nSPS) is 11.7. The Morgan fingerprint density at radius 2 is 2.00 bits per heavy atom. The fourth-order valence-corrected chi connectivity index (χ4v) is 1.89. The Hall–Kier alpha value is -2.68. The van der Waals surface area contributed by atoms with E-state index in [1.807, 2.05) is 13.8 Å². The average molecular weight is 353 g/mol. The predicted molar refractivity (Wildman–Crippen MR) is 91.4 cm³/mol. The number of ether oxygens (including phenoxy) is 1. The van der Waals surface area contributed by atoms with Crippen molar-refractivity contribution in [3.63, 3.8) is 0 Å². The van der Waals surface area contributed by atoms with Gasteiger partial charge < -0.3 is 20.5 Å². The summed E-state index contributed by atoms with van der Waals surface area (Å²) in [6, 6.07) is 3.66. The number of carbonyl (C=O) groups is 2. The van der Waals surface area contributed by atoms with Crippen molar-refractivity contribution in [3.05, 3.63) is 33.9 Å². The van der Waals surface area contributed by atoms with E-state index < -0.39 is 22.9 Å². The number of aliphatic hydroxyl groups excluding tert-OH is 1. The van der Waals surface area contributed by atoms with Gasteiger partial charge >= 0.3 is 5.97 Å². The number of esters is 1. The van der Waals surface area contributed by atoms with Crippen molar-refractivity contribution < 1.29 is 24.4 Å². The van der Waals surface area contributed by atoms with Crippen molar-refractivity contribution in [1.29, 1.82) is 0 Å². The summed E-state index contributed by atoms with van der Waals surface area (Å²) in [6.45, 7) is 5.70. The van der Waals surface area contributed by atoms with Gasteiger partial charge in [0, 0.05) is 30.9 Å². The summed E-state index contributed by atoms with van der Waals surface area (Å²) in [4.78, 5) is 34.5. The number of benzene rings is 1. The number of nitrogens with one attached hydrogen (secondary N) is 2. The Balaban J connectivity index is 2.92. The maximum atomic E-state index is 12.3. The highest BCUT2D eigenvalue weighted by Crippen LogP contribution is 2.23. The Morgan fingerprint density at radius 3 is 2.56 bits per heavy atom. The SMILES string of the molecule is CC(C)CNC(=O)[C@H](C)OC(=O)c1cc([N+](=O)[O-])ccc1NCCO. The molecule has 0 bridgehead atoms. The van der Waals surface area contributed by atoms with E-state index in [-0.39, 0.29) is 36.0 Å². The van der Waals surface area contributed by atoms with Crippen LogP contribution in [0.3, 0.4) is 0 Å². The molecule has 0 radical (unpaired) electrons. The van der Waals surface area contributed by atoms with E-state index in [1.54, 1.807) is 0 Å². The summed E-state index contributed by atoms with van der Waals surface area (Å²) in [7, 11) is 0. The van der Waals surface area contributed by atoms with Gasteiger partial charge in [-0.05, 0) is 18.9 Å². The van der Waals surface area contributed by atoms with Gasteiger partial charge in [0.25, 0.3) is 11.6 Å². The molecule has 25 heavy (non-hydrogen) atoms. The number of nitrogens with zero attached hydrogens (tertiary/aromatic N) is 1. The monoisotopic (exact) mass is 353 g/mol. The molecule has 1 aromatic carbocycles. The molecule has 0 spiro atoms. The minimum absolute atomic E-state index is 0.0776. The number of hydrogen-bond acceptors (Lipinski definition) is 7. The fourth-order valence-electron chi connectivity index (χ4n) is 1.89. The van der Waals surface area contributed by atoms with Crippen LogP contribution in [0.2, 0.25) is 0 Å². The van der Waals surface area contributed by atoms with Crippen molar-refractivity contribution in [2.24, 2.45) is 5.92 Å². The quantitative estimate of drug-likeness (QED) is 0.346. The van der Waals surface area contributed by atoms with Gasteiger partial charge in [0.05, 0.1) is 17.1 Å². The first-order valence-electron chi connectivity index (χ1n) is 7.88. The van der Waals surface area contributed by atoms with E-state index >= 15 is 0 Å². The van der Waals surface area contributed by atoms with Crippen LogP contribution in [0.15, 0.2) is 18.2 Å². The van der Waals surface area contributed by atoms with Gasteiger partial charge in [0.2, 0.25) is 0 Å². The number of rotatable bonds is 9.